The van der Waals surface area contributed by atoms with Crippen LogP contribution in [0.1, 0.15) is 44.3 Å². The Morgan fingerprint density at radius 2 is 2.06 bits per heavy atom. The van der Waals surface area contributed by atoms with Crippen molar-refractivity contribution in [1.29, 1.82) is 0 Å². The van der Waals surface area contributed by atoms with Crippen LogP contribution in [0, 0.1) is 0 Å². The van der Waals surface area contributed by atoms with E-state index in [4.69, 9.17) is 0 Å². The summed E-state index contributed by atoms with van der Waals surface area (Å²) in [6.45, 7) is 1.83. The van der Waals surface area contributed by atoms with Crippen molar-refractivity contribution >= 4 is 27.7 Å². The van der Waals surface area contributed by atoms with Crippen LogP contribution in [0.2, 0.25) is 0 Å². The number of thioether (sulfide) groups is 1. The molecule has 16 heavy (non-hydrogen) atoms. The van der Waals surface area contributed by atoms with Crippen molar-refractivity contribution in [3.8, 4) is 0 Å². The summed E-state index contributed by atoms with van der Waals surface area (Å²) < 4.78 is 1.04. The molecular weight excluding hydrogens is 284 g/mol. The number of aliphatic hydroxyl groups is 1. The monoisotopic (exact) mass is 300 g/mol. The minimum atomic E-state index is -0.388. The zero-order valence-electron chi connectivity index (χ0n) is 9.45. The van der Waals surface area contributed by atoms with Crippen LogP contribution in [0.25, 0.3) is 0 Å². The lowest BCUT2D eigenvalue weighted by molar-refractivity contribution is 0.196. The number of rotatable bonds is 3. The van der Waals surface area contributed by atoms with Gasteiger partial charge in [-0.15, -0.1) is 11.8 Å². The molecule has 1 fully saturated rings. The Bertz CT molecular complexity index is 359. The molecule has 1 nitrogen and oxygen atoms in total. The number of benzene rings is 1. The molecule has 1 aliphatic carbocycles. The van der Waals surface area contributed by atoms with Crippen LogP contribution in [0.5, 0.6) is 0 Å². The predicted molar refractivity (Wildman–Crippen MR) is 72.9 cm³/mol. The Kier molecular flexibility index (Phi) is 4.34. The molecule has 1 N–H and O–H groups in total. The molecule has 1 unspecified atom stereocenters. The van der Waals surface area contributed by atoms with Crippen LogP contribution in [0.4, 0.5) is 0 Å². The molecule has 0 aromatic heterocycles. The lowest BCUT2D eigenvalue weighted by Crippen LogP contribution is -1.99. The van der Waals surface area contributed by atoms with Gasteiger partial charge in [0.2, 0.25) is 0 Å². The fraction of sp³-hybridized carbons (Fsp3) is 0.538. The maximum Gasteiger partial charge on any atom is 0.0773 e. The van der Waals surface area contributed by atoms with Gasteiger partial charge in [-0.25, -0.2) is 0 Å². The molecule has 0 amide bonds. The first-order valence-electron chi connectivity index (χ1n) is 5.81. The largest absolute Gasteiger partial charge is 0.389 e. The van der Waals surface area contributed by atoms with Gasteiger partial charge in [-0.3, -0.25) is 0 Å². The lowest BCUT2D eigenvalue weighted by atomic mass is 10.1. The van der Waals surface area contributed by atoms with Crippen molar-refractivity contribution < 1.29 is 5.11 Å². The number of aliphatic hydroxyl groups excluding tert-OH is 1. The molecule has 3 heteroatoms. The highest BCUT2D eigenvalue weighted by Crippen LogP contribution is 2.38. The highest BCUT2D eigenvalue weighted by Gasteiger charge is 2.18. The molecule has 1 aromatic rings. The van der Waals surface area contributed by atoms with E-state index in [1.54, 1.807) is 0 Å². The summed E-state index contributed by atoms with van der Waals surface area (Å²) in [6.07, 6.45) is 4.97. The van der Waals surface area contributed by atoms with Crippen LogP contribution in [-0.2, 0) is 0 Å². The fourth-order valence-corrected chi connectivity index (χ4v) is 3.96. The van der Waals surface area contributed by atoms with E-state index in [1.807, 2.05) is 24.8 Å². The lowest BCUT2D eigenvalue weighted by Gasteiger charge is -2.15. The molecule has 1 aromatic carbocycles. The normalized spacial score (nSPS) is 18.9. The van der Waals surface area contributed by atoms with Crippen molar-refractivity contribution in [1.82, 2.24) is 0 Å². The first-order valence-corrected chi connectivity index (χ1v) is 7.48. The summed E-state index contributed by atoms with van der Waals surface area (Å²) in [5, 5.41) is 10.5. The minimum absolute atomic E-state index is 0.388. The average Bonchev–Trinajstić information content (AvgIpc) is 2.73. The molecule has 0 radical (unpaired) electrons. The van der Waals surface area contributed by atoms with Crippen molar-refractivity contribution in [3.05, 3.63) is 28.2 Å². The second kappa shape index (κ2) is 5.56. The topological polar surface area (TPSA) is 20.2 Å². The molecule has 1 aliphatic rings. The van der Waals surface area contributed by atoms with Crippen molar-refractivity contribution in [2.24, 2.45) is 0 Å². The second-order valence-corrected chi connectivity index (χ2v) is 6.64. The Hall–Kier alpha value is 0.01000. The molecule has 1 atom stereocenters. The van der Waals surface area contributed by atoms with E-state index in [-0.39, 0.29) is 6.10 Å². The van der Waals surface area contributed by atoms with E-state index in [9.17, 15) is 5.11 Å². The molecular formula is C13H17BrOS. The molecule has 0 spiro atoms. The summed E-state index contributed by atoms with van der Waals surface area (Å²) in [7, 11) is 0. The molecule has 0 bridgehead atoms. The van der Waals surface area contributed by atoms with Gasteiger partial charge in [0.15, 0.2) is 0 Å². The molecule has 0 aliphatic heterocycles. The van der Waals surface area contributed by atoms with E-state index >= 15 is 0 Å². The van der Waals surface area contributed by atoms with Gasteiger partial charge < -0.3 is 5.11 Å². The van der Waals surface area contributed by atoms with Crippen LogP contribution in [0.15, 0.2) is 27.6 Å². The third kappa shape index (κ3) is 3.02. The van der Waals surface area contributed by atoms with Crippen LogP contribution >= 0.6 is 27.7 Å². The van der Waals surface area contributed by atoms with Crippen LogP contribution in [-0.4, -0.2) is 10.4 Å². The second-order valence-electron chi connectivity index (χ2n) is 4.38. The SMILES string of the molecule is CC(O)c1cc(Br)ccc1SC1CCCC1. The third-order valence-electron chi connectivity index (χ3n) is 3.02. The van der Waals surface area contributed by atoms with Gasteiger partial charge in [0.25, 0.3) is 0 Å². The standard InChI is InChI=1S/C13H17BrOS/c1-9(15)12-8-10(14)6-7-13(12)16-11-4-2-3-5-11/h6-9,11,15H,2-5H2,1H3. The van der Waals surface area contributed by atoms with E-state index < -0.39 is 0 Å². The average molecular weight is 301 g/mol. The first kappa shape index (κ1) is 12.5. The van der Waals surface area contributed by atoms with Crippen molar-refractivity contribution in [2.75, 3.05) is 0 Å². The summed E-state index contributed by atoms with van der Waals surface area (Å²) in [5.41, 5.74) is 1.05. The Morgan fingerprint density at radius 3 is 2.69 bits per heavy atom. The molecule has 0 saturated heterocycles. The van der Waals surface area contributed by atoms with E-state index in [0.717, 1.165) is 15.3 Å². The molecule has 0 heterocycles. The van der Waals surface area contributed by atoms with Gasteiger partial charge in [0.1, 0.15) is 0 Å². The maximum atomic E-state index is 9.77. The van der Waals surface area contributed by atoms with Crippen LogP contribution in [0.3, 0.4) is 0 Å². The summed E-state index contributed by atoms with van der Waals surface area (Å²) in [5.74, 6) is 0. The molecule has 88 valence electrons. The Morgan fingerprint density at radius 1 is 1.38 bits per heavy atom. The smallest absolute Gasteiger partial charge is 0.0773 e. The van der Waals surface area contributed by atoms with Gasteiger partial charge in [0.05, 0.1) is 6.10 Å². The highest BCUT2D eigenvalue weighted by atomic mass is 79.9. The summed E-state index contributed by atoms with van der Waals surface area (Å²) >= 11 is 5.39. The van der Waals surface area contributed by atoms with Crippen LogP contribution < -0.4 is 0 Å². The predicted octanol–water partition coefficient (Wildman–Crippen LogP) is 4.54. The quantitative estimate of drug-likeness (QED) is 0.884. The van der Waals surface area contributed by atoms with E-state index in [1.165, 1.54) is 30.6 Å². The Balaban J connectivity index is 2.18. The first-order chi connectivity index (χ1) is 7.66. The van der Waals surface area contributed by atoms with Gasteiger partial charge in [-0.1, -0.05) is 28.8 Å². The number of halogens is 1. The third-order valence-corrected chi connectivity index (χ3v) is 4.94. The number of hydrogen-bond acceptors (Lipinski definition) is 2. The molecule has 1 saturated carbocycles. The van der Waals surface area contributed by atoms with Gasteiger partial charge in [-0.05, 0) is 43.5 Å². The van der Waals surface area contributed by atoms with E-state index in [2.05, 4.69) is 28.1 Å². The van der Waals surface area contributed by atoms with E-state index in [0.29, 0.717) is 0 Å². The maximum absolute atomic E-state index is 9.77. The summed E-state index contributed by atoms with van der Waals surface area (Å²) in [4.78, 5) is 1.24. The van der Waals surface area contributed by atoms with Gasteiger partial charge in [0, 0.05) is 14.6 Å². The van der Waals surface area contributed by atoms with Crippen molar-refractivity contribution in [3.63, 3.8) is 0 Å². The van der Waals surface area contributed by atoms with Gasteiger partial charge in [-0.2, -0.15) is 0 Å². The highest BCUT2D eigenvalue weighted by molar-refractivity contribution is 9.10. The minimum Gasteiger partial charge on any atom is -0.389 e. The number of hydrogen-bond donors (Lipinski definition) is 1. The fourth-order valence-electron chi connectivity index (χ4n) is 2.14. The van der Waals surface area contributed by atoms with Gasteiger partial charge >= 0.3 is 0 Å². The van der Waals surface area contributed by atoms with Crippen molar-refractivity contribution in [2.45, 2.75) is 48.9 Å². The summed E-state index contributed by atoms with van der Waals surface area (Å²) in [6, 6.07) is 6.21. The molecule has 2 rings (SSSR count). The Labute approximate surface area is 110 Å². The zero-order chi connectivity index (χ0) is 11.5. The zero-order valence-corrected chi connectivity index (χ0v) is 11.9.